The lowest BCUT2D eigenvalue weighted by Crippen LogP contribution is -2.20. The molecule has 0 bridgehead atoms. The topological polar surface area (TPSA) is 78.9 Å². The SMILES string of the molecule is C=CCc1cc(C=Nn2c(-c3cc4cc(Br)ccc4o3)nc3ccccc3c2=O)cc(OCC)c1OCc1ccc(Cl)cc1Cl. The normalized spacial score (nSPS) is 11.5. The summed E-state index contributed by atoms with van der Waals surface area (Å²) in [6.07, 6.45) is 3.88. The Morgan fingerprint density at radius 3 is 2.67 bits per heavy atom. The van der Waals surface area contributed by atoms with Crippen LogP contribution in [0.1, 0.15) is 23.6 Å². The minimum Gasteiger partial charge on any atom is -0.490 e. The molecule has 0 fully saturated rings. The second-order valence-electron chi connectivity index (χ2n) is 10.1. The third-order valence-corrected chi connectivity index (χ3v) is 8.06. The maximum atomic E-state index is 13.8. The van der Waals surface area contributed by atoms with E-state index in [1.165, 1.54) is 4.68 Å². The number of nitrogens with zero attached hydrogens (tertiary/aromatic N) is 3. The molecule has 0 saturated carbocycles. The van der Waals surface area contributed by atoms with Crippen LogP contribution in [0.4, 0.5) is 0 Å². The standard InChI is InChI=1S/C35H26BrCl2N3O4/c1-3-7-22-14-21(15-31(43-4-2)33(22)44-20-23-10-12-26(37)18-28(23)38)19-39-41-34(40-29-9-6-5-8-27(29)35(41)42)32-17-24-16-25(36)11-13-30(24)45-32/h3,5-6,8-19H,1,4,7,20H2,2H3. The van der Waals surface area contributed by atoms with Crippen molar-refractivity contribution in [2.75, 3.05) is 6.61 Å². The predicted molar refractivity (Wildman–Crippen MR) is 184 cm³/mol. The van der Waals surface area contributed by atoms with Gasteiger partial charge < -0.3 is 13.9 Å². The fraction of sp³-hybridized carbons (Fsp3) is 0.114. The molecule has 226 valence electrons. The summed E-state index contributed by atoms with van der Waals surface area (Å²) in [6, 6.07) is 23.7. The molecule has 0 atom stereocenters. The molecule has 4 aromatic carbocycles. The van der Waals surface area contributed by atoms with Gasteiger partial charge in [-0.15, -0.1) is 6.58 Å². The molecule has 2 heterocycles. The van der Waals surface area contributed by atoms with Gasteiger partial charge in [0.2, 0.25) is 5.82 Å². The summed E-state index contributed by atoms with van der Waals surface area (Å²) >= 11 is 16.0. The smallest absolute Gasteiger partial charge is 0.282 e. The third-order valence-electron chi connectivity index (χ3n) is 6.98. The predicted octanol–water partition coefficient (Wildman–Crippen LogP) is 9.47. The van der Waals surface area contributed by atoms with Crippen LogP contribution in [-0.2, 0) is 13.0 Å². The van der Waals surface area contributed by atoms with E-state index in [1.54, 1.807) is 42.6 Å². The van der Waals surface area contributed by atoms with Crippen LogP contribution in [0.2, 0.25) is 10.0 Å². The molecule has 0 amide bonds. The number of benzene rings is 4. The molecular formula is C35H26BrCl2N3O4. The van der Waals surface area contributed by atoms with Gasteiger partial charge in [0.15, 0.2) is 17.3 Å². The van der Waals surface area contributed by atoms with Crippen LogP contribution in [-0.4, -0.2) is 22.5 Å². The third kappa shape index (κ3) is 6.54. The average Bonchev–Trinajstić information content (AvgIpc) is 3.44. The van der Waals surface area contributed by atoms with E-state index in [-0.39, 0.29) is 18.0 Å². The van der Waals surface area contributed by atoms with Crippen molar-refractivity contribution in [2.45, 2.75) is 20.0 Å². The van der Waals surface area contributed by atoms with Gasteiger partial charge in [0.25, 0.3) is 5.56 Å². The maximum absolute atomic E-state index is 13.8. The van der Waals surface area contributed by atoms with Crippen molar-refractivity contribution < 1.29 is 13.9 Å². The first-order valence-electron chi connectivity index (χ1n) is 14.1. The number of hydrogen-bond donors (Lipinski definition) is 0. The Kier molecular flexibility index (Phi) is 9.07. The van der Waals surface area contributed by atoms with E-state index in [0.29, 0.717) is 62.4 Å². The summed E-state index contributed by atoms with van der Waals surface area (Å²) in [6.45, 7) is 6.43. The number of halogens is 3. The molecule has 0 saturated heterocycles. The molecule has 0 aliphatic heterocycles. The first-order valence-corrected chi connectivity index (χ1v) is 15.6. The van der Waals surface area contributed by atoms with E-state index in [9.17, 15) is 4.79 Å². The summed E-state index contributed by atoms with van der Waals surface area (Å²) in [5.41, 5.74) is 3.18. The van der Waals surface area contributed by atoms with Gasteiger partial charge in [-0.3, -0.25) is 4.79 Å². The summed E-state index contributed by atoms with van der Waals surface area (Å²) in [4.78, 5) is 18.5. The number of fused-ring (bicyclic) bond motifs is 2. The van der Waals surface area contributed by atoms with E-state index in [1.807, 2.05) is 55.5 Å². The zero-order chi connectivity index (χ0) is 31.5. The number of hydrogen-bond acceptors (Lipinski definition) is 6. The summed E-state index contributed by atoms with van der Waals surface area (Å²) in [7, 11) is 0. The van der Waals surface area contributed by atoms with Gasteiger partial charge >= 0.3 is 0 Å². The Morgan fingerprint density at radius 2 is 1.87 bits per heavy atom. The lowest BCUT2D eigenvalue weighted by atomic mass is 10.1. The van der Waals surface area contributed by atoms with Crippen molar-refractivity contribution in [3.8, 4) is 23.1 Å². The Labute approximate surface area is 277 Å². The second kappa shape index (κ2) is 13.3. The van der Waals surface area contributed by atoms with Gasteiger partial charge in [-0.1, -0.05) is 63.4 Å². The highest BCUT2D eigenvalue weighted by Crippen LogP contribution is 2.35. The summed E-state index contributed by atoms with van der Waals surface area (Å²) in [5.74, 6) is 1.78. The van der Waals surface area contributed by atoms with Crippen molar-refractivity contribution in [2.24, 2.45) is 5.10 Å². The number of para-hydroxylation sites is 1. The Morgan fingerprint density at radius 1 is 1.02 bits per heavy atom. The Balaban J connectivity index is 1.43. The highest BCUT2D eigenvalue weighted by Gasteiger charge is 2.18. The van der Waals surface area contributed by atoms with Gasteiger partial charge in [-0.05, 0) is 79.6 Å². The van der Waals surface area contributed by atoms with Crippen LogP contribution in [0.3, 0.4) is 0 Å². The van der Waals surface area contributed by atoms with E-state index < -0.39 is 0 Å². The molecule has 6 aromatic rings. The zero-order valence-corrected chi connectivity index (χ0v) is 27.2. The lowest BCUT2D eigenvalue weighted by molar-refractivity contribution is 0.267. The molecule has 0 spiro atoms. The van der Waals surface area contributed by atoms with E-state index in [4.69, 9.17) is 42.1 Å². The highest BCUT2D eigenvalue weighted by molar-refractivity contribution is 9.10. The van der Waals surface area contributed by atoms with E-state index in [0.717, 1.165) is 21.0 Å². The van der Waals surface area contributed by atoms with Crippen LogP contribution < -0.4 is 15.0 Å². The number of ether oxygens (including phenoxy) is 2. The van der Waals surface area contributed by atoms with Gasteiger partial charge in [-0.2, -0.15) is 9.78 Å². The Bertz CT molecular complexity index is 2160. The monoisotopic (exact) mass is 701 g/mol. The molecule has 7 nitrogen and oxygen atoms in total. The quantitative estimate of drug-likeness (QED) is 0.105. The molecule has 45 heavy (non-hydrogen) atoms. The molecule has 0 N–H and O–H groups in total. The van der Waals surface area contributed by atoms with Crippen molar-refractivity contribution in [1.82, 2.24) is 9.66 Å². The maximum Gasteiger partial charge on any atom is 0.282 e. The van der Waals surface area contributed by atoms with Crippen molar-refractivity contribution >= 4 is 67.2 Å². The number of rotatable bonds is 10. The first-order chi connectivity index (χ1) is 21.8. The van der Waals surface area contributed by atoms with Gasteiger partial charge in [0.05, 0.1) is 23.7 Å². The lowest BCUT2D eigenvalue weighted by Gasteiger charge is -2.17. The van der Waals surface area contributed by atoms with Crippen molar-refractivity contribution in [1.29, 1.82) is 0 Å². The molecular weight excluding hydrogens is 677 g/mol. The number of allylic oxidation sites excluding steroid dienone is 1. The molecule has 10 heteroatoms. The van der Waals surface area contributed by atoms with Gasteiger partial charge in [0.1, 0.15) is 12.2 Å². The van der Waals surface area contributed by atoms with E-state index in [2.05, 4.69) is 27.6 Å². The first kappa shape index (κ1) is 30.6. The fourth-order valence-corrected chi connectivity index (χ4v) is 5.76. The number of furan rings is 1. The minimum atomic E-state index is -0.329. The second-order valence-corrected chi connectivity index (χ2v) is 11.8. The Hall–Kier alpha value is -4.37. The van der Waals surface area contributed by atoms with Crippen LogP contribution in [0.25, 0.3) is 33.5 Å². The zero-order valence-electron chi connectivity index (χ0n) is 24.1. The molecule has 2 aromatic heterocycles. The average molecular weight is 703 g/mol. The largest absolute Gasteiger partial charge is 0.490 e. The van der Waals surface area contributed by atoms with Crippen LogP contribution in [0.15, 0.2) is 110 Å². The van der Waals surface area contributed by atoms with Crippen molar-refractivity contribution in [3.05, 3.63) is 133 Å². The van der Waals surface area contributed by atoms with Crippen LogP contribution in [0.5, 0.6) is 11.5 Å². The van der Waals surface area contributed by atoms with Gasteiger partial charge in [0, 0.05) is 31.0 Å². The van der Waals surface area contributed by atoms with Crippen LogP contribution in [0, 0.1) is 0 Å². The van der Waals surface area contributed by atoms with Gasteiger partial charge in [-0.25, -0.2) is 4.98 Å². The summed E-state index contributed by atoms with van der Waals surface area (Å²) in [5, 5.41) is 6.99. The molecule has 6 rings (SSSR count). The van der Waals surface area contributed by atoms with Crippen LogP contribution >= 0.6 is 39.1 Å². The summed E-state index contributed by atoms with van der Waals surface area (Å²) < 4.78 is 20.5. The number of aromatic nitrogens is 2. The highest BCUT2D eigenvalue weighted by atomic mass is 79.9. The molecule has 0 aliphatic carbocycles. The molecule has 0 aliphatic rings. The minimum absolute atomic E-state index is 0.212. The molecule has 0 unspecified atom stereocenters. The fourth-order valence-electron chi connectivity index (χ4n) is 4.92. The van der Waals surface area contributed by atoms with E-state index >= 15 is 0 Å². The molecule has 0 radical (unpaired) electrons. The van der Waals surface area contributed by atoms with Crippen molar-refractivity contribution in [3.63, 3.8) is 0 Å².